The first-order valence-corrected chi connectivity index (χ1v) is 14.2. The molecule has 10 heteroatoms. The molecule has 0 aliphatic carbocycles. The maximum absolute atomic E-state index is 12.7. The van der Waals surface area contributed by atoms with Crippen LogP contribution in [0.2, 0.25) is 0 Å². The molecule has 0 aliphatic rings. The zero-order valence-electron chi connectivity index (χ0n) is 26.4. The van der Waals surface area contributed by atoms with Gasteiger partial charge in [-0.2, -0.15) is 0 Å². The van der Waals surface area contributed by atoms with E-state index in [1.165, 1.54) is 12.1 Å². The number of benzene rings is 1. The van der Waals surface area contributed by atoms with Crippen molar-refractivity contribution in [3.63, 3.8) is 0 Å². The van der Waals surface area contributed by atoms with Gasteiger partial charge in [0.1, 0.15) is 18.2 Å². The number of esters is 3. The Hall–Kier alpha value is -3.14. The normalized spacial score (nSPS) is 15.4. The van der Waals surface area contributed by atoms with Gasteiger partial charge < -0.3 is 29.4 Å². The fourth-order valence-electron chi connectivity index (χ4n) is 3.05. The molecule has 0 saturated carbocycles. The largest absolute Gasteiger partial charge is 0.508 e. The summed E-state index contributed by atoms with van der Waals surface area (Å²) in [6.45, 7) is 20.3. The number of nitrogens with two attached hydrogens (primary N) is 1. The fourth-order valence-corrected chi connectivity index (χ4v) is 3.05. The highest BCUT2D eigenvalue weighted by atomic mass is 16.7. The maximum atomic E-state index is 12.7. The minimum absolute atomic E-state index is 0.0366. The number of hydrogen-bond donors (Lipinski definition) is 1. The molecule has 5 atom stereocenters. The van der Waals surface area contributed by atoms with Crippen LogP contribution in [-0.4, -0.2) is 48.9 Å². The van der Waals surface area contributed by atoms with Gasteiger partial charge in [-0.05, 0) is 55.2 Å². The van der Waals surface area contributed by atoms with Crippen LogP contribution in [0.4, 0.5) is 4.79 Å². The molecule has 10 nitrogen and oxygen atoms in total. The van der Waals surface area contributed by atoms with Gasteiger partial charge in [0.25, 0.3) is 0 Å². The van der Waals surface area contributed by atoms with Gasteiger partial charge in [0, 0.05) is 0 Å². The van der Waals surface area contributed by atoms with Crippen LogP contribution in [0, 0.1) is 29.1 Å². The molecule has 0 bridgehead atoms. The van der Waals surface area contributed by atoms with E-state index in [0.717, 1.165) is 0 Å². The van der Waals surface area contributed by atoms with Crippen LogP contribution in [0.3, 0.4) is 0 Å². The van der Waals surface area contributed by atoms with Crippen LogP contribution in [-0.2, 0) is 35.0 Å². The van der Waals surface area contributed by atoms with Gasteiger partial charge in [-0.15, -0.1) is 0 Å². The highest BCUT2D eigenvalue weighted by molar-refractivity contribution is 5.79. The van der Waals surface area contributed by atoms with Crippen molar-refractivity contribution in [1.29, 1.82) is 0 Å². The average molecular weight is 580 g/mol. The molecule has 0 radical (unpaired) electrons. The minimum atomic E-state index is -1.06. The van der Waals surface area contributed by atoms with Crippen LogP contribution in [0.5, 0.6) is 11.5 Å². The van der Waals surface area contributed by atoms with E-state index in [1.807, 2.05) is 48.5 Å². The second-order valence-electron chi connectivity index (χ2n) is 12.6. The van der Waals surface area contributed by atoms with E-state index in [4.69, 9.17) is 29.4 Å². The van der Waals surface area contributed by atoms with Crippen molar-refractivity contribution in [3.8, 4) is 11.5 Å². The molecular formula is C31H49NO9. The summed E-state index contributed by atoms with van der Waals surface area (Å²) >= 11 is 0. The lowest BCUT2D eigenvalue weighted by Crippen LogP contribution is -2.39. The fraction of sp³-hybridized carbons (Fsp3) is 0.677. The van der Waals surface area contributed by atoms with Gasteiger partial charge in [-0.1, -0.05) is 68.4 Å². The topological polar surface area (TPSA) is 140 Å². The monoisotopic (exact) mass is 579 g/mol. The first-order valence-electron chi connectivity index (χ1n) is 14.2. The first-order chi connectivity index (χ1) is 18.8. The quantitative estimate of drug-likeness (QED) is 0.236. The van der Waals surface area contributed by atoms with E-state index in [1.54, 1.807) is 33.8 Å². The van der Waals surface area contributed by atoms with Crippen molar-refractivity contribution in [3.05, 3.63) is 23.8 Å². The molecule has 2 N–H and O–H groups in total. The van der Waals surface area contributed by atoms with Crippen LogP contribution < -0.4 is 15.2 Å². The summed E-state index contributed by atoms with van der Waals surface area (Å²) in [5, 5.41) is 0. The molecule has 0 spiro atoms. The number of ether oxygens (including phenoxy) is 5. The molecule has 0 aromatic heterocycles. The van der Waals surface area contributed by atoms with Crippen molar-refractivity contribution in [1.82, 2.24) is 0 Å². The molecule has 0 fully saturated rings. The number of carbonyl (C=O) groups is 4. The molecule has 3 unspecified atom stereocenters. The second kappa shape index (κ2) is 15.7. The van der Waals surface area contributed by atoms with Gasteiger partial charge >= 0.3 is 24.1 Å². The van der Waals surface area contributed by atoms with E-state index in [2.05, 4.69) is 0 Å². The summed E-state index contributed by atoms with van der Waals surface area (Å²) in [4.78, 5) is 50.0. The van der Waals surface area contributed by atoms with E-state index in [0.29, 0.717) is 5.56 Å². The van der Waals surface area contributed by atoms with Crippen molar-refractivity contribution in [2.75, 3.05) is 6.61 Å². The molecule has 1 rings (SSSR count). The van der Waals surface area contributed by atoms with Crippen molar-refractivity contribution in [2.45, 2.75) is 101 Å². The maximum Gasteiger partial charge on any atom is 0.508 e. The molecule has 1 aromatic carbocycles. The van der Waals surface area contributed by atoms with Crippen molar-refractivity contribution >= 4 is 24.1 Å². The summed E-state index contributed by atoms with van der Waals surface area (Å²) in [5.74, 6) is -2.14. The van der Waals surface area contributed by atoms with Crippen LogP contribution in [0.25, 0.3) is 0 Å². The van der Waals surface area contributed by atoms with Crippen LogP contribution in [0.1, 0.15) is 81.7 Å². The van der Waals surface area contributed by atoms with Crippen LogP contribution in [0.15, 0.2) is 18.2 Å². The zero-order chi connectivity index (χ0) is 31.7. The van der Waals surface area contributed by atoms with Gasteiger partial charge in [0.2, 0.25) is 0 Å². The smallest absolute Gasteiger partial charge is 0.458 e. The Kier molecular flexibility index (Phi) is 13.8. The third-order valence-corrected chi connectivity index (χ3v) is 6.80. The summed E-state index contributed by atoms with van der Waals surface area (Å²) in [6.07, 6.45) is -2.35. The van der Waals surface area contributed by atoms with Gasteiger partial charge in [0.15, 0.2) is 11.5 Å². The number of carbonyl (C=O) groups excluding carboxylic acids is 4. The van der Waals surface area contributed by atoms with E-state index < -0.39 is 48.2 Å². The first kappa shape index (κ1) is 35.9. The van der Waals surface area contributed by atoms with E-state index in [-0.39, 0.29) is 47.7 Å². The van der Waals surface area contributed by atoms with Gasteiger partial charge in [-0.25, -0.2) is 4.79 Å². The highest BCUT2D eigenvalue weighted by Crippen LogP contribution is 2.31. The Balaban J connectivity index is 2.97. The molecule has 232 valence electrons. The Morgan fingerprint density at radius 3 is 1.71 bits per heavy atom. The predicted octanol–water partition coefficient (Wildman–Crippen LogP) is 5.47. The third kappa shape index (κ3) is 12.5. The highest BCUT2D eigenvalue weighted by Gasteiger charge is 2.27. The Bertz CT molecular complexity index is 1040. The van der Waals surface area contributed by atoms with E-state index >= 15 is 0 Å². The molecule has 1 aromatic rings. The predicted molar refractivity (Wildman–Crippen MR) is 154 cm³/mol. The molecular weight excluding hydrogens is 530 g/mol. The van der Waals surface area contributed by atoms with Gasteiger partial charge in [0.05, 0.1) is 18.4 Å². The molecule has 0 aliphatic heterocycles. The summed E-state index contributed by atoms with van der Waals surface area (Å²) in [6, 6.07) is 3.62. The summed E-state index contributed by atoms with van der Waals surface area (Å²) in [7, 11) is 0. The summed E-state index contributed by atoms with van der Waals surface area (Å²) in [5.41, 5.74) is 6.47. The molecule has 41 heavy (non-hydrogen) atoms. The zero-order valence-corrected chi connectivity index (χ0v) is 26.4. The molecule has 0 heterocycles. The Morgan fingerprint density at radius 2 is 1.22 bits per heavy atom. The SMILES string of the molecule is CC(C)C(C)C(=O)Oc1ccc(C[C@H](N)C(=O)O[C@@H](C)C(C)OC(=O)OCC(C)(C)C)cc1OC(=O)C(C)C(C)C. The lowest BCUT2D eigenvalue weighted by atomic mass is 9.98. The number of rotatable bonds is 13. The van der Waals surface area contributed by atoms with Crippen LogP contribution >= 0.6 is 0 Å². The minimum Gasteiger partial charge on any atom is -0.458 e. The van der Waals surface area contributed by atoms with Crippen molar-refractivity contribution < 1.29 is 42.9 Å². The average Bonchev–Trinajstić information content (AvgIpc) is 2.86. The second-order valence-corrected chi connectivity index (χ2v) is 12.6. The Morgan fingerprint density at radius 1 is 0.732 bits per heavy atom. The molecule has 0 amide bonds. The van der Waals surface area contributed by atoms with E-state index in [9.17, 15) is 19.2 Å². The van der Waals surface area contributed by atoms with Gasteiger partial charge in [-0.3, -0.25) is 14.4 Å². The lowest BCUT2D eigenvalue weighted by molar-refractivity contribution is -0.155. The standard InChI is InChI=1S/C31H49NO9/c1-17(2)19(5)27(33)40-25-13-12-23(15-26(25)41-28(34)20(6)18(3)4)14-24(32)29(35)38-21(7)22(8)39-30(36)37-16-31(9,10)11/h12-13,15,17-22,24H,14,16,32H2,1-11H3/t19?,20?,21-,22?,24-/m0/s1. The third-order valence-electron chi connectivity index (χ3n) is 6.80. The summed E-state index contributed by atoms with van der Waals surface area (Å²) < 4.78 is 26.9. The number of hydrogen-bond acceptors (Lipinski definition) is 10. The molecule has 0 saturated heterocycles. The Labute approximate surface area is 244 Å². The lowest BCUT2D eigenvalue weighted by Gasteiger charge is -2.23. The van der Waals surface area contributed by atoms with Crippen molar-refractivity contribution in [2.24, 2.45) is 34.8 Å².